The molecule has 1 aromatic rings. The number of fused-ring (bicyclic) bond motifs is 2. The summed E-state index contributed by atoms with van der Waals surface area (Å²) in [6.07, 6.45) is -0.0197. The molecule has 2 aliphatic heterocycles. The summed E-state index contributed by atoms with van der Waals surface area (Å²) in [5, 5.41) is 38.8. The van der Waals surface area contributed by atoms with Gasteiger partial charge in [0.15, 0.2) is 10.8 Å². The Morgan fingerprint density at radius 3 is 2.26 bits per heavy atom. The van der Waals surface area contributed by atoms with E-state index in [1.54, 1.807) is 6.92 Å². The Bertz CT molecular complexity index is 862. The van der Waals surface area contributed by atoms with Gasteiger partial charge >= 0.3 is 0 Å². The van der Waals surface area contributed by atoms with Gasteiger partial charge in [-0.15, -0.1) is 0 Å². The molecule has 0 spiro atoms. The predicted octanol–water partition coefficient (Wildman–Crippen LogP) is 3.56. The zero-order valence-corrected chi connectivity index (χ0v) is 15.7. The second-order valence-electron chi connectivity index (χ2n) is 7.88. The number of ether oxygens (including phenoxy) is 2. The van der Waals surface area contributed by atoms with Crippen LogP contribution in [0.25, 0.3) is 0 Å². The third-order valence-corrected chi connectivity index (χ3v) is 5.80. The van der Waals surface area contributed by atoms with E-state index < -0.39 is 28.6 Å². The highest BCUT2D eigenvalue weighted by Gasteiger charge is 2.78. The van der Waals surface area contributed by atoms with E-state index in [0.29, 0.717) is 12.8 Å². The predicted molar refractivity (Wildman–Crippen MR) is 96.9 cm³/mol. The van der Waals surface area contributed by atoms with Crippen LogP contribution in [0.3, 0.4) is 0 Å². The van der Waals surface area contributed by atoms with E-state index in [4.69, 9.17) is 14.9 Å². The van der Waals surface area contributed by atoms with Gasteiger partial charge in [-0.3, -0.25) is 5.41 Å². The number of nitrogens with one attached hydrogen (secondary N) is 1. The van der Waals surface area contributed by atoms with Gasteiger partial charge in [0.05, 0.1) is 30.2 Å². The van der Waals surface area contributed by atoms with Gasteiger partial charge in [0.25, 0.3) is 0 Å². The van der Waals surface area contributed by atoms with Crippen molar-refractivity contribution in [2.24, 2.45) is 22.7 Å². The molecule has 3 rings (SSSR count). The molecule has 6 heteroatoms. The molecule has 2 saturated heterocycles. The smallest absolute Gasteiger partial charge is 0.214 e. The Hall–Kier alpha value is -2.88. The Morgan fingerprint density at radius 2 is 1.74 bits per heavy atom. The van der Waals surface area contributed by atoms with E-state index in [-0.39, 0.29) is 11.8 Å². The van der Waals surface area contributed by atoms with Gasteiger partial charge in [-0.25, -0.2) is 0 Å². The highest BCUT2D eigenvalue weighted by atomic mass is 16.7. The van der Waals surface area contributed by atoms with Crippen molar-refractivity contribution in [2.45, 2.75) is 45.5 Å². The van der Waals surface area contributed by atoms with Gasteiger partial charge < -0.3 is 9.47 Å². The van der Waals surface area contributed by atoms with Gasteiger partial charge in [-0.05, 0) is 24.3 Å². The summed E-state index contributed by atoms with van der Waals surface area (Å²) in [4.78, 5) is 0. The van der Waals surface area contributed by atoms with Crippen LogP contribution in [-0.2, 0) is 15.9 Å². The van der Waals surface area contributed by atoms with Crippen LogP contribution in [0.15, 0.2) is 30.3 Å². The first kappa shape index (κ1) is 18.9. The molecular formula is C21H22N4O2. The van der Waals surface area contributed by atoms with E-state index in [2.05, 4.69) is 18.2 Å². The molecule has 0 aromatic heterocycles. The molecule has 138 valence electrons. The van der Waals surface area contributed by atoms with E-state index in [0.717, 1.165) is 5.56 Å². The molecule has 2 bridgehead atoms. The molecule has 4 atom stereocenters. The van der Waals surface area contributed by atoms with Crippen molar-refractivity contribution in [1.82, 2.24) is 0 Å². The molecule has 0 aliphatic carbocycles. The number of hydrogen-bond acceptors (Lipinski definition) is 6. The summed E-state index contributed by atoms with van der Waals surface area (Å²) in [5.41, 5.74) is -2.56. The number of benzene rings is 1. The zero-order chi connectivity index (χ0) is 19.9. The van der Waals surface area contributed by atoms with Crippen LogP contribution in [0.4, 0.5) is 0 Å². The van der Waals surface area contributed by atoms with Gasteiger partial charge in [0, 0.05) is 6.92 Å². The molecule has 0 saturated carbocycles. The lowest BCUT2D eigenvalue weighted by Crippen LogP contribution is -2.62. The number of nitrogens with zero attached hydrogens (tertiary/aromatic N) is 3. The number of nitriles is 3. The topological polar surface area (TPSA) is 114 Å². The lowest BCUT2D eigenvalue weighted by atomic mass is 9.52. The van der Waals surface area contributed by atoms with Crippen LogP contribution in [0.2, 0.25) is 0 Å². The van der Waals surface area contributed by atoms with E-state index >= 15 is 0 Å². The van der Waals surface area contributed by atoms with E-state index in [9.17, 15) is 15.8 Å². The van der Waals surface area contributed by atoms with Crippen LogP contribution in [0.5, 0.6) is 0 Å². The fourth-order valence-corrected chi connectivity index (χ4v) is 4.49. The second-order valence-corrected chi connectivity index (χ2v) is 7.88. The third-order valence-electron chi connectivity index (χ3n) is 5.80. The van der Waals surface area contributed by atoms with Crippen LogP contribution in [0, 0.1) is 62.1 Å². The summed E-state index contributed by atoms with van der Waals surface area (Å²) in [5.74, 6) is -2.08. The summed E-state index contributed by atoms with van der Waals surface area (Å²) in [7, 11) is 0. The molecule has 1 aromatic carbocycles. The quantitative estimate of drug-likeness (QED) is 0.879. The van der Waals surface area contributed by atoms with Crippen molar-refractivity contribution in [3.05, 3.63) is 35.9 Å². The van der Waals surface area contributed by atoms with Crippen molar-refractivity contribution in [1.29, 1.82) is 21.2 Å². The fourth-order valence-electron chi connectivity index (χ4n) is 4.49. The maximum Gasteiger partial charge on any atom is 0.214 e. The molecule has 2 aliphatic rings. The van der Waals surface area contributed by atoms with Crippen molar-refractivity contribution in [3.8, 4) is 18.2 Å². The zero-order valence-electron chi connectivity index (χ0n) is 15.7. The first-order chi connectivity index (χ1) is 12.8. The van der Waals surface area contributed by atoms with Crippen molar-refractivity contribution in [3.63, 3.8) is 0 Å². The molecular weight excluding hydrogens is 340 g/mol. The first-order valence-electron chi connectivity index (χ1n) is 9.03. The van der Waals surface area contributed by atoms with E-state index in [1.165, 1.54) is 0 Å². The second kappa shape index (κ2) is 6.38. The van der Waals surface area contributed by atoms with Crippen molar-refractivity contribution >= 4 is 5.90 Å². The Morgan fingerprint density at radius 1 is 1.11 bits per heavy atom. The maximum atomic E-state index is 10.2. The monoisotopic (exact) mass is 362 g/mol. The minimum Gasteiger partial charge on any atom is -0.448 e. The molecule has 0 amide bonds. The lowest BCUT2D eigenvalue weighted by Gasteiger charge is -2.49. The van der Waals surface area contributed by atoms with Crippen molar-refractivity contribution in [2.75, 3.05) is 0 Å². The molecule has 6 nitrogen and oxygen atoms in total. The van der Waals surface area contributed by atoms with Crippen LogP contribution in [0.1, 0.15) is 32.8 Å². The van der Waals surface area contributed by atoms with Gasteiger partial charge in [-0.2, -0.15) is 15.8 Å². The average molecular weight is 362 g/mol. The Labute approximate surface area is 159 Å². The van der Waals surface area contributed by atoms with Gasteiger partial charge in [0.2, 0.25) is 11.7 Å². The first-order valence-corrected chi connectivity index (χ1v) is 9.03. The fraction of sp³-hybridized carbons (Fsp3) is 0.524. The minimum absolute atomic E-state index is 0.148. The molecule has 27 heavy (non-hydrogen) atoms. The molecule has 1 N–H and O–H groups in total. The minimum atomic E-state index is -1.81. The maximum absolute atomic E-state index is 10.2. The van der Waals surface area contributed by atoms with Crippen LogP contribution in [-0.4, -0.2) is 17.8 Å². The van der Waals surface area contributed by atoms with Crippen molar-refractivity contribution < 1.29 is 9.47 Å². The standard InChI is InChI=1S/C21H22N4O2/c1-14(2)9-17-20(11-22,12-23)21(13-24)16(10-15-7-5-4-6-8-15)19(3,26-17)27-18(21)25/h4-8,14,16-17,25H,9-10H2,1-3H3. The summed E-state index contributed by atoms with van der Waals surface area (Å²) in [6, 6.07) is 15.8. The molecule has 4 unspecified atom stereocenters. The van der Waals surface area contributed by atoms with Crippen LogP contribution >= 0.6 is 0 Å². The van der Waals surface area contributed by atoms with E-state index in [1.807, 2.05) is 44.2 Å². The highest BCUT2D eigenvalue weighted by Crippen LogP contribution is 2.63. The molecule has 2 heterocycles. The van der Waals surface area contributed by atoms with Gasteiger partial charge in [-0.1, -0.05) is 44.2 Å². The average Bonchev–Trinajstić information content (AvgIpc) is 2.80. The Kier molecular flexibility index (Phi) is 4.46. The largest absolute Gasteiger partial charge is 0.448 e. The third kappa shape index (κ3) is 2.43. The summed E-state index contributed by atoms with van der Waals surface area (Å²) >= 11 is 0. The Balaban J connectivity index is 2.20. The lowest BCUT2D eigenvalue weighted by molar-refractivity contribution is -0.272. The SMILES string of the molecule is CC(C)CC1OC2(C)OC(=N)C(C#N)(C2Cc2ccccc2)C1(C#N)C#N. The van der Waals surface area contributed by atoms with Gasteiger partial charge in [0.1, 0.15) is 0 Å². The number of hydrogen-bond donors (Lipinski definition) is 1. The normalized spacial score (nSPS) is 33.6. The summed E-state index contributed by atoms with van der Waals surface area (Å²) < 4.78 is 12.0. The summed E-state index contributed by atoms with van der Waals surface area (Å²) in [6.45, 7) is 5.64. The number of rotatable bonds is 4. The van der Waals surface area contributed by atoms with Crippen LogP contribution < -0.4 is 0 Å². The molecule has 2 fully saturated rings. The molecule has 0 radical (unpaired) electrons. The highest BCUT2D eigenvalue weighted by molar-refractivity contribution is 5.89.